The number of anilines is 1. The summed E-state index contributed by atoms with van der Waals surface area (Å²) in [5, 5.41) is 0. The summed E-state index contributed by atoms with van der Waals surface area (Å²) in [6, 6.07) is 8.66. The molecule has 88 valence electrons. The number of rotatable bonds is 6. The molecule has 0 radical (unpaired) electrons. The lowest BCUT2D eigenvalue weighted by atomic mass is 10.1. The van der Waals surface area contributed by atoms with Crippen molar-refractivity contribution in [1.82, 2.24) is 0 Å². The Hall–Kier alpha value is -1.24. The van der Waals surface area contributed by atoms with Crippen molar-refractivity contribution in [1.29, 1.82) is 0 Å². The second kappa shape index (κ2) is 7.10. The van der Waals surface area contributed by atoms with Crippen LogP contribution in [-0.4, -0.2) is 14.1 Å². The molecule has 0 aromatic heterocycles. The molecule has 0 heterocycles. The minimum Gasteiger partial charge on any atom is -0.378 e. The van der Waals surface area contributed by atoms with Crippen molar-refractivity contribution in [2.45, 2.75) is 32.6 Å². The molecule has 1 heteroatoms. The minimum absolute atomic E-state index is 1.20. The van der Waals surface area contributed by atoms with Gasteiger partial charge < -0.3 is 4.90 Å². The van der Waals surface area contributed by atoms with Crippen LogP contribution in [0.25, 0.3) is 6.08 Å². The van der Waals surface area contributed by atoms with Crippen molar-refractivity contribution in [3.63, 3.8) is 0 Å². The van der Waals surface area contributed by atoms with E-state index in [1.807, 2.05) is 0 Å². The van der Waals surface area contributed by atoms with Crippen molar-refractivity contribution in [3.05, 3.63) is 35.9 Å². The maximum absolute atomic E-state index is 2.28. The molecule has 1 aromatic rings. The molecule has 0 aliphatic heterocycles. The summed E-state index contributed by atoms with van der Waals surface area (Å²) in [5.74, 6) is 0. The molecular formula is C15H23N. The second-order valence-electron chi connectivity index (χ2n) is 4.38. The molecule has 1 aromatic carbocycles. The summed E-state index contributed by atoms with van der Waals surface area (Å²) in [4.78, 5) is 2.12. The van der Waals surface area contributed by atoms with E-state index in [9.17, 15) is 0 Å². The molecule has 16 heavy (non-hydrogen) atoms. The first kappa shape index (κ1) is 12.8. The van der Waals surface area contributed by atoms with E-state index in [1.165, 1.54) is 36.9 Å². The fourth-order valence-electron chi connectivity index (χ4n) is 1.62. The van der Waals surface area contributed by atoms with Crippen molar-refractivity contribution < 1.29 is 0 Å². The van der Waals surface area contributed by atoms with Crippen LogP contribution in [0.4, 0.5) is 5.69 Å². The minimum atomic E-state index is 1.20. The highest BCUT2D eigenvalue weighted by Gasteiger charge is 1.93. The molecule has 0 fully saturated rings. The predicted molar refractivity (Wildman–Crippen MR) is 73.9 cm³/mol. The maximum Gasteiger partial charge on any atom is 0.0361 e. The fraction of sp³-hybridized carbons (Fsp3) is 0.467. The highest BCUT2D eigenvalue weighted by molar-refractivity contribution is 5.55. The van der Waals surface area contributed by atoms with Crippen LogP contribution in [0.3, 0.4) is 0 Å². The largest absolute Gasteiger partial charge is 0.378 e. The molecule has 0 aliphatic rings. The summed E-state index contributed by atoms with van der Waals surface area (Å²) >= 11 is 0. The molecule has 0 amide bonds. The monoisotopic (exact) mass is 217 g/mol. The van der Waals surface area contributed by atoms with Crippen molar-refractivity contribution >= 4 is 11.8 Å². The molecular weight excluding hydrogens is 194 g/mol. The van der Waals surface area contributed by atoms with Gasteiger partial charge in [-0.25, -0.2) is 0 Å². The van der Waals surface area contributed by atoms with E-state index in [-0.39, 0.29) is 0 Å². The Labute approximate surface area is 99.8 Å². The van der Waals surface area contributed by atoms with Gasteiger partial charge in [0.25, 0.3) is 0 Å². The van der Waals surface area contributed by atoms with Gasteiger partial charge in [-0.05, 0) is 30.5 Å². The smallest absolute Gasteiger partial charge is 0.0361 e. The van der Waals surface area contributed by atoms with Crippen LogP contribution in [0.2, 0.25) is 0 Å². The highest BCUT2D eigenvalue weighted by atomic mass is 15.1. The Morgan fingerprint density at radius 2 is 1.75 bits per heavy atom. The van der Waals surface area contributed by atoms with Gasteiger partial charge in [-0.2, -0.15) is 0 Å². The molecule has 0 N–H and O–H groups in total. The zero-order valence-corrected chi connectivity index (χ0v) is 10.7. The summed E-state index contributed by atoms with van der Waals surface area (Å²) in [5.41, 5.74) is 2.55. The van der Waals surface area contributed by atoms with Gasteiger partial charge in [0.15, 0.2) is 0 Å². The number of hydrogen-bond donors (Lipinski definition) is 0. The molecule has 1 rings (SSSR count). The molecule has 0 atom stereocenters. The first-order valence-electron chi connectivity index (χ1n) is 6.18. The molecule has 1 nitrogen and oxygen atoms in total. The number of unbranched alkanes of at least 4 members (excludes halogenated alkanes) is 3. The van der Waals surface area contributed by atoms with E-state index in [1.54, 1.807) is 0 Å². The van der Waals surface area contributed by atoms with Crippen LogP contribution in [0.5, 0.6) is 0 Å². The third-order valence-corrected chi connectivity index (χ3v) is 2.69. The van der Waals surface area contributed by atoms with Crippen LogP contribution in [0.1, 0.15) is 38.2 Å². The lowest BCUT2D eigenvalue weighted by Gasteiger charge is -2.11. The summed E-state index contributed by atoms with van der Waals surface area (Å²) in [7, 11) is 4.13. The zero-order valence-electron chi connectivity index (χ0n) is 10.7. The van der Waals surface area contributed by atoms with Gasteiger partial charge >= 0.3 is 0 Å². The Bertz CT molecular complexity index is 309. The SMILES string of the molecule is CCCCC/C=C/c1ccc(N(C)C)cc1. The molecule has 0 saturated carbocycles. The molecule has 0 aliphatic carbocycles. The van der Waals surface area contributed by atoms with Crippen LogP contribution < -0.4 is 4.90 Å². The Morgan fingerprint density at radius 3 is 2.31 bits per heavy atom. The fourth-order valence-corrected chi connectivity index (χ4v) is 1.62. The standard InChI is InChI=1S/C15H23N/c1-4-5-6-7-8-9-14-10-12-15(13-11-14)16(2)3/h8-13H,4-7H2,1-3H3/b9-8+. The number of nitrogens with zero attached hydrogens (tertiary/aromatic N) is 1. The van der Waals surface area contributed by atoms with Crippen LogP contribution in [0.15, 0.2) is 30.3 Å². The normalized spacial score (nSPS) is 10.9. The second-order valence-corrected chi connectivity index (χ2v) is 4.38. The van der Waals surface area contributed by atoms with Gasteiger partial charge in [0.05, 0.1) is 0 Å². The van der Waals surface area contributed by atoms with E-state index < -0.39 is 0 Å². The number of hydrogen-bond acceptors (Lipinski definition) is 1. The first-order chi connectivity index (χ1) is 7.74. The van der Waals surface area contributed by atoms with E-state index in [0.29, 0.717) is 0 Å². The van der Waals surface area contributed by atoms with E-state index in [0.717, 1.165) is 0 Å². The van der Waals surface area contributed by atoms with Crippen molar-refractivity contribution in [2.24, 2.45) is 0 Å². The van der Waals surface area contributed by atoms with Crippen molar-refractivity contribution in [2.75, 3.05) is 19.0 Å². The van der Waals surface area contributed by atoms with Gasteiger partial charge in [0, 0.05) is 19.8 Å². The Kier molecular flexibility index (Phi) is 5.69. The first-order valence-corrected chi connectivity index (χ1v) is 6.18. The van der Waals surface area contributed by atoms with Crippen molar-refractivity contribution in [3.8, 4) is 0 Å². The van der Waals surface area contributed by atoms with Gasteiger partial charge in [-0.15, -0.1) is 0 Å². The van der Waals surface area contributed by atoms with E-state index >= 15 is 0 Å². The van der Waals surface area contributed by atoms with Crippen LogP contribution in [-0.2, 0) is 0 Å². The summed E-state index contributed by atoms with van der Waals surface area (Å²) < 4.78 is 0. The topological polar surface area (TPSA) is 3.24 Å². The third-order valence-electron chi connectivity index (χ3n) is 2.69. The van der Waals surface area contributed by atoms with Gasteiger partial charge in [0.1, 0.15) is 0 Å². The average molecular weight is 217 g/mol. The van der Waals surface area contributed by atoms with Crippen LogP contribution >= 0.6 is 0 Å². The third kappa shape index (κ3) is 4.52. The molecule has 0 bridgehead atoms. The van der Waals surface area contributed by atoms with Gasteiger partial charge in [-0.3, -0.25) is 0 Å². The van der Waals surface area contributed by atoms with Gasteiger partial charge in [-0.1, -0.05) is 44.1 Å². The summed E-state index contributed by atoms with van der Waals surface area (Å²) in [6.45, 7) is 2.24. The van der Waals surface area contributed by atoms with E-state index in [4.69, 9.17) is 0 Å². The zero-order chi connectivity index (χ0) is 11.8. The quantitative estimate of drug-likeness (QED) is 0.640. The predicted octanol–water partition coefficient (Wildman–Crippen LogP) is 4.35. The lowest BCUT2D eigenvalue weighted by molar-refractivity contribution is 0.730. The van der Waals surface area contributed by atoms with E-state index in [2.05, 4.69) is 62.3 Å². The Morgan fingerprint density at radius 1 is 1.06 bits per heavy atom. The molecule has 0 saturated heterocycles. The molecule has 0 spiro atoms. The Balaban J connectivity index is 2.42. The van der Waals surface area contributed by atoms with Gasteiger partial charge in [0.2, 0.25) is 0 Å². The summed E-state index contributed by atoms with van der Waals surface area (Å²) in [6.07, 6.45) is 9.64. The van der Waals surface area contributed by atoms with Crippen LogP contribution in [0, 0.1) is 0 Å². The highest BCUT2D eigenvalue weighted by Crippen LogP contribution is 2.13. The lowest BCUT2D eigenvalue weighted by Crippen LogP contribution is -2.07. The maximum atomic E-state index is 2.28. The number of allylic oxidation sites excluding steroid dienone is 1. The molecule has 0 unspecified atom stereocenters. The average Bonchev–Trinajstić information content (AvgIpc) is 2.29. The number of benzene rings is 1.